The van der Waals surface area contributed by atoms with Crippen molar-refractivity contribution < 1.29 is 9.13 Å². The fourth-order valence-electron chi connectivity index (χ4n) is 2.90. The fraction of sp³-hybridized carbons (Fsp3) is 0.625. The first-order chi connectivity index (χ1) is 9.76. The van der Waals surface area contributed by atoms with E-state index in [2.05, 4.69) is 24.1 Å². The standard InChI is InChI=1S/C16H25FN2O/c1-3-18-15-9-10-20-12-13(15)11-19(4-2)16-8-6-5-7-14(16)17/h5-8,13,15,18H,3-4,9-12H2,1-2H3. The second-order valence-electron chi connectivity index (χ2n) is 5.28. The zero-order chi connectivity index (χ0) is 14.4. The predicted molar refractivity (Wildman–Crippen MR) is 80.7 cm³/mol. The Hall–Kier alpha value is -1.13. The highest BCUT2D eigenvalue weighted by molar-refractivity contribution is 5.47. The number of hydrogen-bond donors (Lipinski definition) is 1. The second-order valence-corrected chi connectivity index (χ2v) is 5.28. The fourth-order valence-corrected chi connectivity index (χ4v) is 2.90. The van der Waals surface area contributed by atoms with Crippen LogP contribution < -0.4 is 10.2 Å². The first-order valence-electron chi connectivity index (χ1n) is 7.56. The highest BCUT2D eigenvalue weighted by Gasteiger charge is 2.27. The van der Waals surface area contributed by atoms with Gasteiger partial charge in [0.05, 0.1) is 12.3 Å². The van der Waals surface area contributed by atoms with Crippen molar-refractivity contribution in [3.8, 4) is 0 Å². The van der Waals surface area contributed by atoms with Crippen LogP contribution in [0.1, 0.15) is 20.3 Å². The van der Waals surface area contributed by atoms with Crippen LogP contribution in [0.4, 0.5) is 10.1 Å². The molecule has 1 N–H and O–H groups in total. The lowest BCUT2D eigenvalue weighted by atomic mass is 9.94. The van der Waals surface area contributed by atoms with Gasteiger partial charge in [0, 0.05) is 31.7 Å². The first-order valence-corrected chi connectivity index (χ1v) is 7.56. The van der Waals surface area contributed by atoms with Crippen molar-refractivity contribution in [3.05, 3.63) is 30.1 Å². The molecule has 0 spiro atoms. The summed E-state index contributed by atoms with van der Waals surface area (Å²) in [5, 5.41) is 3.53. The molecular weight excluding hydrogens is 255 g/mol. The largest absolute Gasteiger partial charge is 0.381 e. The van der Waals surface area contributed by atoms with E-state index in [1.165, 1.54) is 6.07 Å². The van der Waals surface area contributed by atoms with Crippen molar-refractivity contribution in [2.75, 3.05) is 37.7 Å². The number of ether oxygens (including phenoxy) is 1. The van der Waals surface area contributed by atoms with Crippen molar-refractivity contribution in [3.63, 3.8) is 0 Å². The highest BCUT2D eigenvalue weighted by atomic mass is 19.1. The van der Waals surface area contributed by atoms with Crippen molar-refractivity contribution in [2.24, 2.45) is 5.92 Å². The molecule has 112 valence electrons. The zero-order valence-corrected chi connectivity index (χ0v) is 12.4. The summed E-state index contributed by atoms with van der Waals surface area (Å²) in [6.45, 7) is 8.36. The van der Waals surface area contributed by atoms with Crippen molar-refractivity contribution >= 4 is 5.69 Å². The highest BCUT2D eigenvalue weighted by Crippen LogP contribution is 2.23. The molecule has 1 aromatic carbocycles. The van der Waals surface area contributed by atoms with E-state index in [0.717, 1.165) is 39.3 Å². The summed E-state index contributed by atoms with van der Waals surface area (Å²) < 4.78 is 19.5. The van der Waals surface area contributed by atoms with Crippen LogP contribution in [0.2, 0.25) is 0 Å². The van der Waals surface area contributed by atoms with Gasteiger partial charge in [0.25, 0.3) is 0 Å². The van der Waals surface area contributed by atoms with E-state index < -0.39 is 0 Å². The van der Waals surface area contributed by atoms with Gasteiger partial charge in [-0.05, 0) is 32.0 Å². The lowest BCUT2D eigenvalue weighted by molar-refractivity contribution is 0.0352. The summed E-state index contributed by atoms with van der Waals surface area (Å²) in [5.74, 6) is 0.259. The Bertz CT molecular complexity index is 411. The lowest BCUT2D eigenvalue weighted by Gasteiger charge is -2.36. The van der Waals surface area contributed by atoms with Gasteiger partial charge in [-0.25, -0.2) is 4.39 Å². The van der Waals surface area contributed by atoms with Crippen molar-refractivity contribution in [1.82, 2.24) is 5.32 Å². The SMILES string of the molecule is CCNC1CCOCC1CN(CC)c1ccccc1F. The smallest absolute Gasteiger partial charge is 0.146 e. The van der Waals surface area contributed by atoms with Gasteiger partial charge in [-0.3, -0.25) is 0 Å². The maximum Gasteiger partial charge on any atom is 0.146 e. The number of anilines is 1. The maximum atomic E-state index is 13.9. The summed E-state index contributed by atoms with van der Waals surface area (Å²) in [5.41, 5.74) is 0.691. The van der Waals surface area contributed by atoms with E-state index in [4.69, 9.17) is 4.74 Å². The van der Waals surface area contributed by atoms with Crippen LogP contribution in [0, 0.1) is 11.7 Å². The number of hydrogen-bond acceptors (Lipinski definition) is 3. The molecule has 3 nitrogen and oxygen atoms in total. The Morgan fingerprint density at radius 3 is 2.85 bits per heavy atom. The summed E-state index contributed by atoms with van der Waals surface area (Å²) >= 11 is 0. The number of halogens is 1. The van der Waals surface area contributed by atoms with Crippen LogP contribution in [0.5, 0.6) is 0 Å². The third-order valence-corrected chi connectivity index (χ3v) is 3.97. The topological polar surface area (TPSA) is 24.5 Å². The molecular formula is C16H25FN2O. The van der Waals surface area contributed by atoms with Gasteiger partial charge in [0.1, 0.15) is 5.82 Å². The number of rotatable bonds is 6. The minimum Gasteiger partial charge on any atom is -0.381 e. The summed E-state index contributed by atoms with van der Waals surface area (Å²) in [7, 11) is 0. The molecule has 1 aliphatic heterocycles. The van der Waals surface area contributed by atoms with Gasteiger partial charge in [-0.1, -0.05) is 19.1 Å². The predicted octanol–water partition coefficient (Wildman–Crippen LogP) is 2.67. The van der Waals surface area contributed by atoms with E-state index in [-0.39, 0.29) is 5.82 Å². The average molecular weight is 280 g/mol. The molecule has 0 bridgehead atoms. The summed E-state index contributed by atoms with van der Waals surface area (Å²) in [6.07, 6.45) is 1.04. The lowest BCUT2D eigenvalue weighted by Crippen LogP contribution is -2.48. The number of nitrogens with one attached hydrogen (secondary N) is 1. The van der Waals surface area contributed by atoms with Crippen molar-refractivity contribution in [2.45, 2.75) is 26.3 Å². The normalized spacial score (nSPS) is 22.8. The Balaban J connectivity index is 2.06. The van der Waals surface area contributed by atoms with Gasteiger partial charge in [-0.15, -0.1) is 0 Å². The molecule has 0 aromatic heterocycles. The van der Waals surface area contributed by atoms with Crippen LogP contribution in [0.3, 0.4) is 0 Å². The van der Waals surface area contributed by atoms with Gasteiger partial charge in [0.2, 0.25) is 0 Å². The second kappa shape index (κ2) is 7.60. The molecule has 1 aliphatic rings. The number of nitrogens with zero attached hydrogens (tertiary/aromatic N) is 1. The molecule has 1 saturated heterocycles. The Morgan fingerprint density at radius 2 is 2.15 bits per heavy atom. The minimum absolute atomic E-state index is 0.147. The molecule has 4 heteroatoms. The van der Waals surface area contributed by atoms with Gasteiger partial charge in [0.15, 0.2) is 0 Å². The third kappa shape index (κ3) is 3.70. The molecule has 0 aliphatic carbocycles. The quantitative estimate of drug-likeness (QED) is 0.867. The molecule has 0 saturated carbocycles. The monoisotopic (exact) mass is 280 g/mol. The maximum absolute atomic E-state index is 13.9. The summed E-state index contributed by atoms with van der Waals surface area (Å²) in [6, 6.07) is 7.47. The molecule has 0 radical (unpaired) electrons. The molecule has 0 amide bonds. The third-order valence-electron chi connectivity index (χ3n) is 3.97. The van der Waals surface area contributed by atoms with Crippen LogP contribution in [-0.2, 0) is 4.74 Å². The van der Waals surface area contributed by atoms with E-state index in [1.807, 2.05) is 12.1 Å². The van der Waals surface area contributed by atoms with Crippen LogP contribution in [0.25, 0.3) is 0 Å². The minimum atomic E-state index is -0.147. The number of para-hydroxylation sites is 1. The van der Waals surface area contributed by atoms with Crippen LogP contribution >= 0.6 is 0 Å². The van der Waals surface area contributed by atoms with Crippen LogP contribution in [0.15, 0.2) is 24.3 Å². The van der Waals surface area contributed by atoms with Gasteiger partial charge < -0.3 is 15.0 Å². The Morgan fingerprint density at radius 1 is 1.35 bits per heavy atom. The van der Waals surface area contributed by atoms with E-state index >= 15 is 0 Å². The van der Waals surface area contributed by atoms with Gasteiger partial charge >= 0.3 is 0 Å². The molecule has 2 rings (SSSR count). The molecule has 2 unspecified atom stereocenters. The van der Waals surface area contributed by atoms with E-state index in [1.54, 1.807) is 6.07 Å². The van der Waals surface area contributed by atoms with E-state index in [0.29, 0.717) is 17.6 Å². The first kappa shape index (κ1) is 15.3. The van der Waals surface area contributed by atoms with Gasteiger partial charge in [-0.2, -0.15) is 0 Å². The molecule has 2 atom stereocenters. The molecule has 1 aromatic rings. The Kier molecular flexibility index (Phi) is 5.80. The molecule has 1 heterocycles. The Labute approximate surface area is 121 Å². The molecule has 1 fully saturated rings. The van der Waals surface area contributed by atoms with Crippen molar-refractivity contribution in [1.29, 1.82) is 0 Å². The van der Waals surface area contributed by atoms with E-state index in [9.17, 15) is 4.39 Å². The number of benzene rings is 1. The average Bonchev–Trinajstić information content (AvgIpc) is 2.47. The zero-order valence-electron chi connectivity index (χ0n) is 12.4. The van der Waals surface area contributed by atoms with Crippen LogP contribution in [-0.4, -0.2) is 38.9 Å². The molecule has 20 heavy (non-hydrogen) atoms. The summed E-state index contributed by atoms with van der Waals surface area (Å²) in [4.78, 5) is 2.11.